The van der Waals surface area contributed by atoms with Crippen molar-refractivity contribution >= 4 is 15.7 Å². The van der Waals surface area contributed by atoms with Crippen LogP contribution in [0.5, 0.6) is 0 Å². The first kappa shape index (κ1) is 19.9. The van der Waals surface area contributed by atoms with Crippen LogP contribution in [-0.2, 0) is 9.84 Å². The third kappa shape index (κ3) is 4.17. The Morgan fingerprint density at radius 1 is 1.00 bits per heavy atom. The Labute approximate surface area is 165 Å². The minimum Gasteiger partial charge on any atom is -0.468 e. The van der Waals surface area contributed by atoms with Crippen LogP contribution >= 0.6 is 0 Å². The molecule has 0 radical (unpaired) electrons. The summed E-state index contributed by atoms with van der Waals surface area (Å²) >= 11 is 0. The van der Waals surface area contributed by atoms with Crippen molar-refractivity contribution in [2.75, 3.05) is 6.54 Å². The molecule has 3 aromatic rings. The Kier molecular flexibility index (Phi) is 5.70. The summed E-state index contributed by atoms with van der Waals surface area (Å²) in [5, 5.41) is 1.72. The minimum absolute atomic E-state index is 0.0878. The second-order valence-electron chi connectivity index (χ2n) is 6.87. The Bertz CT molecular complexity index is 1090. The van der Waals surface area contributed by atoms with Gasteiger partial charge in [-0.1, -0.05) is 23.8 Å². The molecule has 2 aromatic carbocycles. The van der Waals surface area contributed by atoms with Crippen LogP contribution in [-0.4, -0.2) is 20.9 Å². The molecule has 1 N–H and O–H groups in total. The van der Waals surface area contributed by atoms with Gasteiger partial charge in [-0.3, -0.25) is 4.79 Å². The largest absolute Gasteiger partial charge is 0.468 e. The van der Waals surface area contributed by atoms with Gasteiger partial charge in [0.2, 0.25) is 0 Å². The number of hydrogen-bond acceptors (Lipinski definition) is 4. The fourth-order valence-electron chi connectivity index (χ4n) is 2.97. The maximum atomic E-state index is 13.3. The monoisotopic (exact) mass is 397 g/mol. The molecule has 1 heterocycles. The molecule has 1 amide bonds. The summed E-state index contributed by atoms with van der Waals surface area (Å²) in [5.41, 5.74) is 3.35. The fraction of sp³-hybridized carbons (Fsp3) is 0.227. The lowest BCUT2D eigenvalue weighted by atomic mass is 10.1. The van der Waals surface area contributed by atoms with E-state index in [4.69, 9.17) is 4.42 Å². The van der Waals surface area contributed by atoms with Gasteiger partial charge in [-0.15, -0.1) is 0 Å². The number of furan rings is 1. The number of benzene rings is 2. The van der Waals surface area contributed by atoms with E-state index in [-0.39, 0.29) is 17.3 Å². The van der Waals surface area contributed by atoms with Crippen molar-refractivity contribution in [2.24, 2.45) is 0 Å². The van der Waals surface area contributed by atoms with Gasteiger partial charge in [-0.05, 0) is 68.3 Å². The third-order valence-corrected chi connectivity index (χ3v) is 6.83. The molecule has 0 saturated heterocycles. The molecule has 0 saturated carbocycles. The van der Waals surface area contributed by atoms with Crippen LogP contribution in [0.15, 0.2) is 70.2 Å². The highest BCUT2D eigenvalue weighted by atomic mass is 32.2. The van der Waals surface area contributed by atoms with Crippen molar-refractivity contribution in [1.29, 1.82) is 0 Å². The zero-order valence-corrected chi connectivity index (χ0v) is 16.9. The van der Waals surface area contributed by atoms with Crippen LogP contribution in [0.2, 0.25) is 0 Å². The van der Waals surface area contributed by atoms with E-state index >= 15 is 0 Å². The molecule has 3 rings (SSSR count). The first-order valence-electron chi connectivity index (χ1n) is 8.98. The van der Waals surface area contributed by atoms with Crippen molar-refractivity contribution in [2.45, 2.75) is 30.9 Å². The van der Waals surface area contributed by atoms with Crippen molar-refractivity contribution in [1.82, 2.24) is 5.32 Å². The minimum atomic E-state index is -3.76. The average Bonchev–Trinajstić information content (AvgIpc) is 3.18. The number of carbonyl (C=O) groups is 1. The smallest absolute Gasteiger partial charge is 0.251 e. The van der Waals surface area contributed by atoms with Gasteiger partial charge in [0.05, 0.1) is 11.2 Å². The molecule has 6 heteroatoms. The second kappa shape index (κ2) is 8.02. The van der Waals surface area contributed by atoms with Gasteiger partial charge in [-0.25, -0.2) is 8.42 Å². The van der Waals surface area contributed by atoms with E-state index in [9.17, 15) is 13.2 Å². The molecule has 0 bridgehead atoms. The first-order chi connectivity index (χ1) is 13.3. The molecule has 1 atom stereocenters. The van der Waals surface area contributed by atoms with Crippen LogP contribution in [0.1, 0.15) is 38.1 Å². The molecule has 0 aliphatic heterocycles. The second-order valence-corrected chi connectivity index (χ2v) is 9.01. The van der Waals surface area contributed by atoms with Gasteiger partial charge in [0.1, 0.15) is 11.0 Å². The molecule has 0 aliphatic rings. The molecule has 146 valence electrons. The van der Waals surface area contributed by atoms with Gasteiger partial charge in [0, 0.05) is 12.1 Å². The van der Waals surface area contributed by atoms with E-state index in [0.717, 1.165) is 16.7 Å². The normalized spacial score (nSPS) is 12.5. The van der Waals surface area contributed by atoms with Crippen molar-refractivity contribution < 1.29 is 17.6 Å². The molecule has 0 unspecified atom stereocenters. The molecule has 0 spiro atoms. The lowest BCUT2D eigenvalue weighted by molar-refractivity contribution is 0.0953. The summed E-state index contributed by atoms with van der Waals surface area (Å²) in [5.74, 6) is -0.0293. The van der Waals surface area contributed by atoms with Gasteiger partial charge >= 0.3 is 0 Å². The van der Waals surface area contributed by atoms with Crippen LogP contribution in [0.4, 0.5) is 0 Å². The van der Waals surface area contributed by atoms with Crippen LogP contribution in [0, 0.1) is 20.8 Å². The van der Waals surface area contributed by atoms with E-state index in [2.05, 4.69) is 5.32 Å². The Morgan fingerprint density at radius 3 is 2.43 bits per heavy atom. The maximum Gasteiger partial charge on any atom is 0.251 e. The van der Waals surface area contributed by atoms with Crippen LogP contribution < -0.4 is 5.32 Å². The summed E-state index contributed by atoms with van der Waals surface area (Å²) in [7, 11) is -3.76. The summed E-state index contributed by atoms with van der Waals surface area (Å²) in [6, 6.07) is 15.4. The SMILES string of the molecule is Cc1cccc(C(=O)NC[C@@H](c2ccco2)S(=O)(=O)c2ccc(C)c(C)c2)c1. The molecular weight excluding hydrogens is 374 g/mol. The maximum absolute atomic E-state index is 13.3. The summed E-state index contributed by atoms with van der Waals surface area (Å²) in [6.45, 7) is 5.61. The van der Waals surface area contributed by atoms with Crippen LogP contribution in [0.25, 0.3) is 0 Å². The van der Waals surface area contributed by atoms with Gasteiger partial charge in [0.15, 0.2) is 9.84 Å². The third-order valence-electron chi connectivity index (χ3n) is 4.77. The van der Waals surface area contributed by atoms with Crippen molar-refractivity contribution in [3.8, 4) is 0 Å². The van der Waals surface area contributed by atoms with E-state index in [1.165, 1.54) is 6.26 Å². The van der Waals surface area contributed by atoms with E-state index in [1.807, 2.05) is 26.8 Å². The van der Waals surface area contributed by atoms with Crippen LogP contribution in [0.3, 0.4) is 0 Å². The average molecular weight is 397 g/mol. The Morgan fingerprint density at radius 2 is 1.79 bits per heavy atom. The van der Waals surface area contributed by atoms with E-state index in [1.54, 1.807) is 48.5 Å². The fourth-order valence-corrected chi connectivity index (χ4v) is 4.64. The number of carbonyl (C=O) groups excluding carboxylic acids is 1. The molecule has 28 heavy (non-hydrogen) atoms. The van der Waals surface area contributed by atoms with E-state index in [0.29, 0.717) is 11.3 Å². The number of nitrogens with one attached hydrogen (secondary N) is 1. The number of amides is 1. The molecule has 1 aromatic heterocycles. The standard InChI is InChI=1S/C22H23NO4S/c1-15-6-4-7-18(12-15)22(24)23-14-21(20-8-5-11-27-20)28(25,26)19-10-9-16(2)17(3)13-19/h4-13,21H,14H2,1-3H3,(H,23,24)/t21-/m0/s1. The summed E-state index contributed by atoms with van der Waals surface area (Å²) in [4.78, 5) is 12.7. The summed E-state index contributed by atoms with van der Waals surface area (Å²) < 4.78 is 32.0. The zero-order chi connectivity index (χ0) is 20.3. The van der Waals surface area contributed by atoms with E-state index < -0.39 is 15.1 Å². The van der Waals surface area contributed by atoms with Gasteiger partial charge in [0.25, 0.3) is 5.91 Å². The lowest BCUT2D eigenvalue weighted by Crippen LogP contribution is -2.31. The topological polar surface area (TPSA) is 76.4 Å². The first-order valence-corrected chi connectivity index (χ1v) is 10.5. The number of rotatable bonds is 6. The van der Waals surface area contributed by atoms with Gasteiger partial charge in [-0.2, -0.15) is 0 Å². The Hall–Kier alpha value is -2.86. The number of aryl methyl sites for hydroxylation is 3. The highest BCUT2D eigenvalue weighted by Gasteiger charge is 2.32. The Balaban J connectivity index is 1.89. The number of sulfone groups is 1. The predicted molar refractivity (Wildman–Crippen MR) is 108 cm³/mol. The zero-order valence-electron chi connectivity index (χ0n) is 16.1. The predicted octanol–water partition coefficient (Wildman–Crippen LogP) is 4.15. The quantitative estimate of drug-likeness (QED) is 0.678. The van der Waals surface area contributed by atoms with Gasteiger partial charge < -0.3 is 9.73 Å². The molecule has 5 nitrogen and oxygen atoms in total. The lowest BCUT2D eigenvalue weighted by Gasteiger charge is -2.17. The molecule has 0 fully saturated rings. The highest BCUT2D eigenvalue weighted by Crippen LogP contribution is 2.30. The number of hydrogen-bond donors (Lipinski definition) is 1. The molecular formula is C22H23NO4S. The van der Waals surface area contributed by atoms with Crippen molar-refractivity contribution in [3.05, 3.63) is 88.9 Å². The van der Waals surface area contributed by atoms with Crippen molar-refractivity contribution in [3.63, 3.8) is 0 Å². The highest BCUT2D eigenvalue weighted by molar-refractivity contribution is 7.91. The summed E-state index contributed by atoms with van der Waals surface area (Å²) in [6.07, 6.45) is 1.43. The molecule has 0 aliphatic carbocycles.